The van der Waals surface area contributed by atoms with Gasteiger partial charge in [-0.05, 0) is 29.8 Å². The summed E-state index contributed by atoms with van der Waals surface area (Å²) in [6, 6.07) is 13.1. The molecular weight excluding hydrogens is 357 g/mol. The summed E-state index contributed by atoms with van der Waals surface area (Å²) in [5.74, 6) is 0.328. The highest BCUT2D eigenvalue weighted by Gasteiger charge is 2.38. The van der Waals surface area contributed by atoms with E-state index in [4.69, 9.17) is 27.9 Å². The molecule has 0 fully saturated rings. The van der Waals surface area contributed by atoms with Gasteiger partial charge >= 0.3 is 0 Å². The molecule has 0 atom stereocenters. The van der Waals surface area contributed by atoms with Crippen molar-refractivity contribution in [3.63, 3.8) is 0 Å². The summed E-state index contributed by atoms with van der Waals surface area (Å²) in [6.07, 6.45) is 1.66. The first-order chi connectivity index (χ1) is 11.8. The van der Waals surface area contributed by atoms with E-state index in [0.29, 0.717) is 15.8 Å². The first-order valence-electron chi connectivity index (χ1n) is 7.97. The van der Waals surface area contributed by atoms with Crippen LogP contribution in [0.4, 0.5) is 5.69 Å². The smallest absolute Gasteiger partial charge is 0.194 e. The number of carbonyl (C=O) groups is 1. The van der Waals surface area contributed by atoms with Crippen molar-refractivity contribution in [1.29, 1.82) is 0 Å². The van der Waals surface area contributed by atoms with Crippen LogP contribution in [0.3, 0.4) is 0 Å². The van der Waals surface area contributed by atoms with E-state index in [0.717, 1.165) is 11.4 Å². The Hall–Kier alpha value is -1.97. The summed E-state index contributed by atoms with van der Waals surface area (Å²) in [7, 11) is 1.98. The normalized spacial score (nSPS) is 16.8. The van der Waals surface area contributed by atoms with E-state index in [1.807, 2.05) is 19.2 Å². The molecule has 25 heavy (non-hydrogen) atoms. The van der Waals surface area contributed by atoms with Crippen molar-refractivity contribution in [2.24, 2.45) is 0 Å². The standard InChI is InChI=1S/C20H19Cl2NO2/c1-20(2)15-6-4-5-7-17(15)23(3)19(20)11-14(24)12-25-18-9-8-13(21)10-16(18)22/h4-11H,12H2,1-3H3. The minimum atomic E-state index is -0.237. The summed E-state index contributed by atoms with van der Waals surface area (Å²) in [4.78, 5) is 14.5. The number of likely N-dealkylation sites (N-methyl/N-ethyl adjacent to an activating group) is 1. The zero-order valence-electron chi connectivity index (χ0n) is 14.3. The molecule has 0 spiro atoms. The highest BCUT2D eigenvalue weighted by molar-refractivity contribution is 6.35. The van der Waals surface area contributed by atoms with Crippen LogP contribution in [0, 0.1) is 0 Å². The highest BCUT2D eigenvalue weighted by Crippen LogP contribution is 2.46. The predicted molar refractivity (Wildman–Crippen MR) is 103 cm³/mol. The van der Waals surface area contributed by atoms with Gasteiger partial charge in [0.25, 0.3) is 0 Å². The number of benzene rings is 2. The fraction of sp³-hybridized carbons (Fsp3) is 0.250. The van der Waals surface area contributed by atoms with E-state index in [1.165, 1.54) is 5.56 Å². The van der Waals surface area contributed by atoms with Gasteiger partial charge < -0.3 is 9.64 Å². The summed E-state index contributed by atoms with van der Waals surface area (Å²) in [6.45, 7) is 4.15. The van der Waals surface area contributed by atoms with Crippen molar-refractivity contribution in [3.05, 3.63) is 69.8 Å². The van der Waals surface area contributed by atoms with Gasteiger partial charge in [-0.1, -0.05) is 55.2 Å². The molecule has 1 aliphatic rings. The van der Waals surface area contributed by atoms with Crippen LogP contribution in [0.25, 0.3) is 0 Å². The Morgan fingerprint density at radius 1 is 1.20 bits per heavy atom. The molecule has 0 saturated heterocycles. The van der Waals surface area contributed by atoms with Crippen molar-refractivity contribution in [2.75, 3.05) is 18.6 Å². The SMILES string of the molecule is CN1C(=CC(=O)COc2ccc(Cl)cc2Cl)C(C)(C)c2ccccc21. The maximum Gasteiger partial charge on any atom is 0.194 e. The number of anilines is 1. The summed E-state index contributed by atoms with van der Waals surface area (Å²) >= 11 is 11.9. The number of ether oxygens (including phenoxy) is 1. The van der Waals surface area contributed by atoms with Crippen molar-refractivity contribution >= 4 is 34.7 Å². The molecule has 3 rings (SSSR count). The van der Waals surface area contributed by atoms with Crippen LogP contribution in [0.15, 0.2) is 54.2 Å². The van der Waals surface area contributed by atoms with Gasteiger partial charge in [0, 0.05) is 34.9 Å². The van der Waals surface area contributed by atoms with Gasteiger partial charge in [-0.3, -0.25) is 4.79 Å². The molecule has 0 aliphatic carbocycles. The number of hydrogen-bond acceptors (Lipinski definition) is 3. The third-order valence-electron chi connectivity index (χ3n) is 4.50. The number of nitrogens with zero attached hydrogens (tertiary/aromatic N) is 1. The fourth-order valence-corrected chi connectivity index (χ4v) is 3.66. The number of rotatable bonds is 4. The number of halogens is 2. The van der Waals surface area contributed by atoms with Crippen molar-refractivity contribution in [3.8, 4) is 5.75 Å². The van der Waals surface area contributed by atoms with Crippen LogP contribution in [-0.4, -0.2) is 19.4 Å². The predicted octanol–water partition coefficient (Wildman–Crippen LogP) is 5.25. The minimum absolute atomic E-state index is 0.0783. The Kier molecular flexibility index (Phi) is 4.81. The highest BCUT2D eigenvalue weighted by atomic mass is 35.5. The lowest BCUT2D eigenvalue weighted by Crippen LogP contribution is -2.25. The number of allylic oxidation sites excluding steroid dienone is 1. The van der Waals surface area contributed by atoms with E-state index in [-0.39, 0.29) is 17.8 Å². The van der Waals surface area contributed by atoms with Crippen LogP contribution in [0.2, 0.25) is 10.0 Å². The van der Waals surface area contributed by atoms with Gasteiger partial charge in [-0.25, -0.2) is 0 Å². The average molecular weight is 376 g/mol. The Morgan fingerprint density at radius 3 is 2.60 bits per heavy atom. The summed E-state index contributed by atoms with van der Waals surface area (Å²) in [5.41, 5.74) is 3.04. The minimum Gasteiger partial charge on any atom is -0.484 e. The quantitative estimate of drug-likeness (QED) is 0.683. The number of ketones is 1. The van der Waals surface area contributed by atoms with Crippen molar-refractivity contribution in [2.45, 2.75) is 19.3 Å². The third kappa shape index (κ3) is 3.39. The molecule has 2 aromatic rings. The molecule has 1 heterocycles. The molecular formula is C20H19Cl2NO2. The topological polar surface area (TPSA) is 29.5 Å². The largest absolute Gasteiger partial charge is 0.484 e. The Labute approximate surface area is 157 Å². The Morgan fingerprint density at radius 2 is 1.92 bits per heavy atom. The van der Waals surface area contributed by atoms with Crippen LogP contribution in [0.1, 0.15) is 19.4 Å². The van der Waals surface area contributed by atoms with Crippen molar-refractivity contribution < 1.29 is 9.53 Å². The Balaban J connectivity index is 1.78. The van der Waals surface area contributed by atoms with Gasteiger partial charge in [0.15, 0.2) is 12.4 Å². The van der Waals surface area contributed by atoms with Gasteiger partial charge in [0.1, 0.15) is 5.75 Å². The second-order valence-corrected chi connectivity index (χ2v) is 7.40. The summed E-state index contributed by atoms with van der Waals surface area (Å²) < 4.78 is 5.54. The second-order valence-electron chi connectivity index (χ2n) is 6.56. The molecule has 130 valence electrons. The molecule has 3 nitrogen and oxygen atoms in total. The van der Waals surface area contributed by atoms with E-state index in [9.17, 15) is 4.79 Å². The molecule has 0 aromatic heterocycles. The molecule has 0 radical (unpaired) electrons. The average Bonchev–Trinajstić information content (AvgIpc) is 2.75. The monoisotopic (exact) mass is 375 g/mol. The zero-order valence-corrected chi connectivity index (χ0v) is 15.9. The second kappa shape index (κ2) is 6.74. The van der Waals surface area contributed by atoms with Crippen molar-refractivity contribution in [1.82, 2.24) is 0 Å². The van der Waals surface area contributed by atoms with E-state index in [2.05, 4.69) is 30.9 Å². The number of fused-ring (bicyclic) bond motifs is 1. The molecule has 1 aliphatic heterocycles. The lowest BCUT2D eigenvalue weighted by molar-refractivity contribution is -0.116. The van der Waals surface area contributed by atoms with Crippen LogP contribution in [0.5, 0.6) is 5.75 Å². The van der Waals surface area contributed by atoms with Crippen LogP contribution >= 0.6 is 23.2 Å². The van der Waals surface area contributed by atoms with Gasteiger partial charge in [0.05, 0.1) is 5.02 Å². The van der Waals surface area contributed by atoms with Gasteiger partial charge in [-0.2, -0.15) is 0 Å². The van der Waals surface area contributed by atoms with Gasteiger partial charge in [-0.15, -0.1) is 0 Å². The lowest BCUT2D eigenvalue weighted by Gasteiger charge is -2.24. The molecule has 0 saturated carbocycles. The number of carbonyl (C=O) groups excluding carboxylic acids is 1. The lowest BCUT2D eigenvalue weighted by atomic mass is 9.83. The Bertz CT molecular complexity index is 859. The fourth-order valence-electron chi connectivity index (χ4n) is 3.19. The third-order valence-corrected chi connectivity index (χ3v) is 5.03. The van der Waals surface area contributed by atoms with Gasteiger partial charge in [0.2, 0.25) is 0 Å². The number of hydrogen-bond donors (Lipinski definition) is 0. The molecule has 0 bridgehead atoms. The first kappa shape index (κ1) is 17.8. The summed E-state index contributed by atoms with van der Waals surface area (Å²) in [5, 5.41) is 0.913. The molecule has 0 amide bonds. The molecule has 0 unspecified atom stereocenters. The van der Waals surface area contributed by atoms with Crippen LogP contribution in [-0.2, 0) is 10.2 Å². The van der Waals surface area contributed by atoms with E-state index >= 15 is 0 Å². The zero-order chi connectivity index (χ0) is 18.2. The first-order valence-corrected chi connectivity index (χ1v) is 8.72. The maximum absolute atomic E-state index is 12.4. The van der Waals surface area contributed by atoms with Crippen LogP contribution < -0.4 is 9.64 Å². The molecule has 0 N–H and O–H groups in total. The number of para-hydroxylation sites is 1. The molecule has 5 heteroatoms. The maximum atomic E-state index is 12.4. The van der Waals surface area contributed by atoms with E-state index in [1.54, 1.807) is 24.3 Å². The molecule has 2 aromatic carbocycles. The van der Waals surface area contributed by atoms with E-state index < -0.39 is 0 Å².